The van der Waals surface area contributed by atoms with Crippen LogP contribution in [0, 0.1) is 0 Å². The minimum atomic E-state index is 0.682. The van der Waals surface area contributed by atoms with Gasteiger partial charge in [0.05, 0.1) is 31.3 Å². The zero-order valence-electron chi connectivity index (χ0n) is 12.1. The first-order chi connectivity index (χ1) is 9.22. The van der Waals surface area contributed by atoms with Gasteiger partial charge in [-0.25, -0.2) is 0 Å². The van der Waals surface area contributed by atoms with E-state index in [9.17, 15) is 0 Å². The number of ether oxygens (including phenoxy) is 3. The molecule has 1 aromatic rings. The first kappa shape index (κ1) is 16.1. The third kappa shape index (κ3) is 5.28. The van der Waals surface area contributed by atoms with Crippen molar-refractivity contribution in [3.63, 3.8) is 0 Å². The van der Waals surface area contributed by atoms with Gasteiger partial charge in [-0.05, 0) is 19.3 Å². The van der Waals surface area contributed by atoms with Gasteiger partial charge in [0.25, 0.3) is 0 Å². The molecule has 1 aromatic carbocycles. The van der Waals surface area contributed by atoms with Crippen LogP contribution in [0.1, 0.15) is 40.0 Å². The van der Waals surface area contributed by atoms with E-state index in [1.54, 1.807) is 0 Å². The van der Waals surface area contributed by atoms with Gasteiger partial charge in [-0.1, -0.05) is 20.8 Å². The Morgan fingerprint density at radius 2 is 1.21 bits per heavy atom. The highest BCUT2D eigenvalue weighted by Crippen LogP contribution is 2.28. The van der Waals surface area contributed by atoms with Crippen LogP contribution in [-0.4, -0.2) is 19.8 Å². The number of rotatable bonds is 9. The summed E-state index contributed by atoms with van der Waals surface area (Å²) in [6.07, 6.45) is 2.92. The number of benzene rings is 1. The maximum Gasteiger partial charge on any atom is 0.126 e. The molecular formula is C15H24O3P-. The van der Waals surface area contributed by atoms with Crippen LogP contribution in [0.4, 0.5) is 0 Å². The predicted octanol–water partition coefficient (Wildman–Crippen LogP) is 3.82. The van der Waals surface area contributed by atoms with E-state index in [0.29, 0.717) is 19.8 Å². The van der Waals surface area contributed by atoms with E-state index < -0.39 is 0 Å². The van der Waals surface area contributed by atoms with Crippen LogP contribution in [-0.2, 0) is 0 Å². The minimum absolute atomic E-state index is 0.682. The molecule has 0 fully saturated rings. The molecular weight excluding hydrogens is 259 g/mol. The molecule has 0 aliphatic rings. The molecule has 108 valence electrons. The van der Waals surface area contributed by atoms with E-state index in [1.165, 1.54) is 0 Å². The lowest BCUT2D eigenvalue weighted by Crippen LogP contribution is -2.10. The molecule has 0 aliphatic carbocycles. The van der Waals surface area contributed by atoms with Gasteiger partial charge in [-0.2, -0.15) is 0 Å². The SMILES string of the molecule is CCCOc1cc(OCCC)c([PH-])c(OCCC)c1. The fourth-order valence-electron chi connectivity index (χ4n) is 1.52. The molecule has 0 spiro atoms. The maximum absolute atomic E-state index is 5.72. The van der Waals surface area contributed by atoms with Crippen molar-refractivity contribution in [3.8, 4) is 17.2 Å². The van der Waals surface area contributed by atoms with E-state index in [4.69, 9.17) is 14.2 Å². The molecule has 0 unspecified atom stereocenters. The highest BCUT2D eigenvalue weighted by Gasteiger charge is 2.06. The third-order valence-corrected chi connectivity index (χ3v) is 2.93. The van der Waals surface area contributed by atoms with Crippen LogP contribution in [0.2, 0.25) is 0 Å². The molecule has 0 aromatic heterocycles. The van der Waals surface area contributed by atoms with Crippen molar-refractivity contribution in [3.05, 3.63) is 12.1 Å². The normalized spacial score (nSPS) is 10.3. The highest BCUT2D eigenvalue weighted by atomic mass is 31.0. The van der Waals surface area contributed by atoms with Crippen LogP contribution < -0.4 is 19.5 Å². The van der Waals surface area contributed by atoms with Crippen molar-refractivity contribution in [2.24, 2.45) is 0 Å². The van der Waals surface area contributed by atoms with E-state index >= 15 is 0 Å². The van der Waals surface area contributed by atoms with E-state index in [2.05, 4.69) is 30.0 Å². The van der Waals surface area contributed by atoms with Gasteiger partial charge in [-0.15, -0.1) is 5.30 Å². The summed E-state index contributed by atoms with van der Waals surface area (Å²) in [5, 5.41) is 0.853. The Bertz CT molecular complexity index is 351. The number of hydrogen-bond donors (Lipinski definition) is 0. The van der Waals surface area contributed by atoms with Crippen LogP contribution in [0.5, 0.6) is 17.2 Å². The Labute approximate surface area is 118 Å². The van der Waals surface area contributed by atoms with Gasteiger partial charge in [0.15, 0.2) is 0 Å². The molecule has 0 N–H and O–H groups in total. The molecule has 0 saturated heterocycles. The van der Waals surface area contributed by atoms with Crippen LogP contribution >= 0.6 is 9.24 Å². The summed E-state index contributed by atoms with van der Waals surface area (Å²) in [7, 11) is 3.59. The van der Waals surface area contributed by atoms with Gasteiger partial charge in [0.2, 0.25) is 0 Å². The van der Waals surface area contributed by atoms with Gasteiger partial charge < -0.3 is 23.5 Å². The molecule has 0 aliphatic heterocycles. The molecule has 0 heterocycles. The maximum atomic E-state index is 5.72. The van der Waals surface area contributed by atoms with Crippen LogP contribution in [0.25, 0.3) is 0 Å². The van der Waals surface area contributed by atoms with Crippen molar-refractivity contribution in [2.45, 2.75) is 40.0 Å². The van der Waals surface area contributed by atoms with Crippen molar-refractivity contribution in [1.29, 1.82) is 0 Å². The standard InChI is InChI=1S/C15H24O3P/c1-4-7-16-12-10-13(17-8-5-2)15(19)14(11-12)18-9-6-3/h10-11,19H,4-9H2,1-3H3/q-1. The molecule has 3 nitrogen and oxygen atoms in total. The van der Waals surface area contributed by atoms with Gasteiger partial charge >= 0.3 is 0 Å². The second kappa shape index (κ2) is 9.03. The van der Waals surface area contributed by atoms with Crippen molar-refractivity contribution in [1.82, 2.24) is 0 Å². The lowest BCUT2D eigenvalue weighted by atomic mass is 10.3. The second-order valence-electron chi connectivity index (χ2n) is 4.34. The average molecular weight is 283 g/mol. The summed E-state index contributed by atoms with van der Waals surface area (Å²) < 4.78 is 17.1. The second-order valence-corrected chi connectivity index (χ2v) is 4.84. The summed E-state index contributed by atoms with van der Waals surface area (Å²) in [5.74, 6) is 2.34. The average Bonchev–Trinajstić information content (AvgIpc) is 2.43. The largest absolute Gasteiger partial charge is 0.517 e. The smallest absolute Gasteiger partial charge is 0.126 e. The molecule has 19 heavy (non-hydrogen) atoms. The quantitative estimate of drug-likeness (QED) is 0.645. The summed E-state index contributed by atoms with van der Waals surface area (Å²) in [5.41, 5.74) is 0. The molecule has 0 saturated carbocycles. The summed E-state index contributed by atoms with van der Waals surface area (Å²) >= 11 is 0. The van der Waals surface area contributed by atoms with Crippen LogP contribution in [0.15, 0.2) is 12.1 Å². The van der Waals surface area contributed by atoms with Crippen molar-refractivity contribution >= 4 is 14.5 Å². The molecule has 0 amide bonds. The van der Waals surface area contributed by atoms with Crippen LogP contribution in [0.3, 0.4) is 0 Å². The molecule has 0 radical (unpaired) electrons. The molecule has 4 heteroatoms. The highest BCUT2D eigenvalue weighted by molar-refractivity contribution is 7.28. The van der Waals surface area contributed by atoms with Gasteiger partial charge in [-0.3, -0.25) is 0 Å². The predicted molar refractivity (Wildman–Crippen MR) is 81.7 cm³/mol. The van der Waals surface area contributed by atoms with Crippen molar-refractivity contribution < 1.29 is 14.2 Å². The fraction of sp³-hybridized carbons (Fsp3) is 0.600. The first-order valence-corrected chi connectivity index (χ1v) is 7.50. The van der Waals surface area contributed by atoms with Gasteiger partial charge in [0, 0.05) is 12.1 Å². The van der Waals surface area contributed by atoms with Gasteiger partial charge in [0.1, 0.15) is 5.75 Å². The van der Waals surface area contributed by atoms with E-state index in [0.717, 1.165) is 41.8 Å². The Hall–Kier alpha value is -0.950. The Balaban J connectivity index is 2.92. The Morgan fingerprint density at radius 3 is 1.63 bits per heavy atom. The lowest BCUT2D eigenvalue weighted by Gasteiger charge is -2.20. The zero-order chi connectivity index (χ0) is 14.1. The minimum Gasteiger partial charge on any atom is -0.517 e. The van der Waals surface area contributed by atoms with E-state index in [-0.39, 0.29) is 0 Å². The van der Waals surface area contributed by atoms with Crippen molar-refractivity contribution in [2.75, 3.05) is 19.8 Å². The Kier molecular flexibility index (Phi) is 7.66. The topological polar surface area (TPSA) is 27.7 Å². The molecule has 0 bridgehead atoms. The monoisotopic (exact) mass is 283 g/mol. The summed E-state index contributed by atoms with van der Waals surface area (Å²) in [4.78, 5) is 0. The Morgan fingerprint density at radius 1 is 0.789 bits per heavy atom. The lowest BCUT2D eigenvalue weighted by molar-refractivity contribution is 0.290. The summed E-state index contributed by atoms with van der Waals surface area (Å²) in [6, 6.07) is 3.82. The molecule has 1 rings (SSSR count). The number of hydrogen-bond acceptors (Lipinski definition) is 3. The zero-order valence-corrected chi connectivity index (χ0v) is 13.1. The summed E-state index contributed by atoms with van der Waals surface area (Å²) in [6.45, 7) is 8.31. The van der Waals surface area contributed by atoms with E-state index in [1.807, 2.05) is 12.1 Å². The third-order valence-electron chi connectivity index (χ3n) is 2.44. The fourth-order valence-corrected chi connectivity index (χ4v) is 1.81. The molecule has 0 atom stereocenters. The first-order valence-electron chi connectivity index (χ1n) is 7.00.